The third kappa shape index (κ3) is 1.02. The number of hydrogen-bond acceptors (Lipinski definition) is 5. The number of rotatable bonds is 2. The first-order valence-corrected chi connectivity index (χ1v) is 6.09. The van der Waals surface area contributed by atoms with Crippen molar-refractivity contribution < 1.29 is 35.4 Å². The van der Waals surface area contributed by atoms with Gasteiger partial charge in [0.1, 0.15) is 0 Å². The van der Waals surface area contributed by atoms with E-state index in [2.05, 4.69) is 4.18 Å². The highest BCUT2D eigenvalue weighted by Gasteiger charge is 2.93. The zero-order valence-corrected chi connectivity index (χ0v) is 8.89. The molecule has 0 aromatic heterocycles. The molecule has 3 aliphatic carbocycles. The highest BCUT2D eigenvalue weighted by molar-refractivity contribution is 7.87. The molecule has 3 rings (SSSR count). The van der Waals surface area contributed by atoms with Gasteiger partial charge in [0, 0.05) is 11.3 Å². The van der Waals surface area contributed by atoms with Gasteiger partial charge < -0.3 is 0 Å². The maximum Gasteiger partial charge on any atom is 0.523 e. The quantitative estimate of drug-likeness (QED) is 0.405. The van der Waals surface area contributed by atoms with Crippen LogP contribution in [0.15, 0.2) is 0 Å². The van der Waals surface area contributed by atoms with Crippen molar-refractivity contribution in [1.82, 2.24) is 0 Å². The lowest BCUT2D eigenvalue weighted by Gasteiger charge is -2.14. The van der Waals surface area contributed by atoms with Crippen molar-refractivity contribution in [3.63, 3.8) is 0 Å². The molecule has 0 amide bonds. The highest BCUT2D eigenvalue weighted by Crippen LogP contribution is 2.83. The SMILES string of the molecule is O=C1C(=O)[C@@]2(OS(=O)(=O)C(F)(F)F)CC23C[C@@H]13. The third-order valence-electron chi connectivity index (χ3n) is 3.76. The van der Waals surface area contributed by atoms with Crippen LogP contribution in [0.25, 0.3) is 0 Å². The van der Waals surface area contributed by atoms with Gasteiger partial charge in [-0.15, -0.1) is 0 Å². The Morgan fingerprint density at radius 2 is 1.88 bits per heavy atom. The average Bonchev–Trinajstić information content (AvgIpc) is 2.99. The second-order valence-electron chi connectivity index (χ2n) is 4.59. The van der Waals surface area contributed by atoms with Gasteiger partial charge in [0.15, 0.2) is 5.60 Å². The fourth-order valence-electron chi connectivity index (χ4n) is 2.74. The molecule has 0 aromatic rings. The summed E-state index contributed by atoms with van der Waals surface area (Å²) in [5, 5.41) is 0. The molecule has 5 nitrogen and oxygen atoms in total. The van der Waals surface area contributed by atoms with Crippen molar-refractivity contribution in [2.24, 2.45) is 11.3 Å². The molecular formula is C8H5F3O5S. The van der Waals surface area contributed by atoms with Crippen molar-refractivity contribution in [2.75, 3.05) is 0 Å². The van der Waals surface area contributed by atoms with Crippen molar-refractivity contribution >= 4 is 21.7 Å². The molecule has 0 bridgehead atoms. The zero-order chi connectivity index (χ0) is 12.9. The number of carbonyl (C=O) groups is 2. The Morgan fingerprint density at radius 3 is 2.29 bits per heavy atom. The standard InChI is InChI=1S/C8H5F3O5S/c9-8(10,11)17(14,15)16-7-2-6(7)1-3(6)4(12)5(7)13/h3H,1-2H2/t3-,6?,7-/m0/s1. The lowest BCUT2D eigenvalue weighted by molar-refractivity contribution is -0.141. The first kappa shape index (κ1) is 11.1. The van der Waals surface area contributed by atoms with Crippen LogP contribution in [0.4, 0.5) is 13.2 Å². The summed E-state index contributed by atoms with van der Waals surface area (Å²) < 4.78 is 62.1. The molecule has 0 N–H and O–H groups in total. The minimum absolute atomic E-state index is 0.107. The summed E-state index contributed by atoms with van der Waals surface area (Å²) in [6.45, 7) is 0. The lowest BCUT2D eigenvalue weighted by Crippen LogP contribution is -2.38. The molecule has 3 atom stereocenters. The first-order valence-electron chi connectivity index (χ1n) is 4.68. The molecule has 3 saturated carbocycles. The molecule has 0 heterocycles. The molecule has 0 aromatic carbocycles. The van der Waals surface area contributed by atoms with Crippen LogP contribution in [0, 0.1) is 11.3 Å². The van der Waals surface area contributed by atoms with Gasteiger partial charge in [-0.3, -0.25) is 9.59 Å². The van der Waals surface area contributed by atoms with Crippen molar-refractivity contribution in [3.05, 3.63) is 0 Å². The molecule has 0 radical (unpaired) electrons. The van der Waals surface area contributed by atoms with Crippen LogP contribution in [-0.4, -0.2) is 31.1 Å². The predicted molar refractivity (Wildman–Crippen MR) is 44.0 cm³/mol. The Kier molecular flexibility index (Phi) is 1.58. The van der Waals surface area contributed by atoms with Gasteiger partial charge in [-0.25, -0.2) is 4.18 Å². The molecule has 94 valence electrons. The third-order valence-corrected chi connectivity index (χ3v) is 4.83. The number of ketones is 2. The van der Waals surface area contributed by atoms with Gasteiger partial charge in [0.05, 0.1) is 0 Å². The summed E-state index contributed by atoms with van der Waals surface area (Å²) in [5.41, 5.74) is -8.59. The lowest BCUT2D eigenvalue weighted by atomic mass is 10.1. The Balaban J connectivity index is 1.95. The van der Waals surface area contributed by atoms with E-state index in [4.69, 9.17) is 0 Å². The number of carbonyl (C=O) groups excluding carboxylic acids is 2. The molecule has 9 heteroatoms. The van der Waals surface area contributed by atoms with E-state index >= 15 is 0 Å². The number of alkyl halides is 3. The smallest absolute Gasteiger partial charge is 0.290 e. The monoisotopic (exact) mass is 270 g/mol. The van der Waals surface area contributed by atoms with Gasteiger partial charge in [-0.2, -0.15) is 21.6 Å². The van der Waals surface area contributed by atoms with E-state index in [-0.39, 0.29) is 12.8 Å². The van der Waals surface area contributed by atoms with E-state index in [1.54, 1.807) is 0 Å². The molecule has 3 aliphatic rings. The molecule has 3 fully saturated rings. The van der Waals surface area contributed by atoms with Crippen molar-refractivity contribution in [1.29, 1.82) is 0 Å². The number of Topliss-reactive ketones (excluding diaryl/α,β-unsaturated/α-hetero) is 2. The summed E-state index contributed by atoms with van der Waals surface area (Å²) in [7, 11) is -5.84. The minimum atomic E-state index is -5.84. The van der Waals surface area contributed by atoms with Gasteiger partial charge in [0.25, 0.3) is 0 Å². The molecule has 0 aliphatic heterocycles. The summed E-state index contributed by atoms with van der Waals surface area (Å²) in [4.78, 5) is 22.6. The summed E-state index contributed by atoms with van der Waals surface area (Å²) in [6, 6.07) is 0. The zero-order valence-electron chi connectivity index (χ0n) is 8.07. The van der Waals surface area contributed by atoms with E-state index in [1.165, 1.54) is 0 Å². The number of hydrogen-bond donors (Lipinski definition) is 0. The van der Waals surface area contributed by atoms with E-state index in [9.17, 15) is 31.2 Å². The van der Waals surface area contributed by atoms with Crippen LogP contribution in [0.5, 0.6) is 0 Å². The Labute approximate surface area is 93.0 Å². The van der Waals surface area contributed by atoms with Gasteiger partial charge in [-0.1, -0.05) is 0 Å². The fraction of sp³-hybridized carbons (Fsp3) is 0.750. The Bertz CT molecular complexity index is 564. The van der Waals surface area contributed by atoms with E-state index in [0.717, 1.165) is 0 Å². The van der Waals surface area contributed by atoms with Crippen LogP contribution < -0.4 is 0 Å². The minimum Gasteiger partial charge on any atom is -0.290 e. The largest absolute Gasteiger partial charge is 0.523 e. The number of halogens is 3. The van der Waals surface area contributed by atoms with Crippen LogP contribution in [0.2, 0.25) is 0 Å². The summed E-state index contributed by atoms with van der Waals surface area (Å²) >= 11 is 0. The second kappa shape index (κ2) is 2.41. The van der Waals surface area contributed by atoms with Crippen LogP contribution in [-0.2, 0) is 23.9 Å². The second-order valence-corrected chi connectivity index (χ2v) is 6.13. The van der Waals surface area contributed by atoms with Crippen LogP contribution in [0.1, 0.15) is 12.8 Å². The van der Waals surface area contributed by atoms with Crippen LogP contribution >= 0.6 is 0 Å². The van der Waals surface area contributed by atoms with Crippen molar-refractivity contribution in [2.45, 2.75) is 24.0 Å². The summed E-state index contributed by atoms with van der Waals surface area (Å²) in [5.74, 6) is -2.59. The Hall–Kier alpha value is -0.960. The molecule has 0 saturated heterocycles. The molecule has 1 spiro atoms. The maximum absolute atomic E-state index is 12.1. The first-order chi connectivity index (χ1) is 7.57. The molecule has 1 unspecified atom stereocenters. The summed E-state index contributed by atoms with van der Waals surface area (Å²) in [6.07, 6.45) is 0.134. The van der Waals surface area contributed by atoms with Crippen LogP contribution in [0.3, 0.4) is 0 Å². The molecule has 17 heavy (non-hydrogen) atoms. The normalized spacial score (nSPS) is 43.4. The van der Waals surface area contributed by atoms with Gasteiger partial charge >= 0.3 is 15.6 Å². The van der Waals surface area contributed by atoms with E-state index in [1.807, 2.05) is 0 Å². The van der Waals surface area contributed by atoms with E-state index in [0.29, 0.717) is 0 Å². The fourth-order valence-corrected chi connectivity index (χ4v) is 3.51. The average molecular weight is 270 g/mol. The Morgan fingerprint density at radius 1 is 1.29 bits per heavy atom. The topological polar surface area (TPSA) is 77.5 Å². The highest BCUT2D eigenvalue weighted by atomic mass is 32.2. The van der Waals surface area contributed by atoms with Crippen molar-refractivity contribution in [3.8, 4) is 0 Å². The predicted octanol–water partition coefficient (Wildman–Crippen LogP) is 0.153. The molecular weight excluding hydrogens is 265 g/mol. The van der Waals surface area contributed by atoms with Gasteiger partial charge in [-0.05, 0) is 12.8 Å². The maximum atomic E-state index is 12.1. The van der Waals surface area contributed by atoms with Gasteiger partial charge in [0.2, 0.25) is 11.6 Å². The van der Waals surface area contributed by atoms with E-state index < -0.39 is 44.1 Å².